The summed E-state index contributed by atoms with van der Waals surface area (Å²) in [6.07, 6.45) is 6.91. The zero-order valence-corrected chi connectivity index (χ0v) is 13.4. The Morgan fingerprint density at radius 2 is 1.94 bits per heavy atom. The van der Waals surface area contributed by atoms with Crippen molar-refractivity contribution in [3.05, 3.63) is 0 Å². The molecule has 1 rings (SSSR count). The molecule has 108 valence electrons. The maximum absolute atomic E-state index is 3.70. The van der Waals surface area contributed by atoms with Crippen molar-refractivity contribution in [2.45, 2.75) is 64.2 Å². The van der Waals surface area contributed by atoms with E-state index in [0.717, 1.165) is 11.3 Å². The van der Waals surface area contributed by atoms with Crippen LogP contribution in [-0.4, -0.2) is 48.1 Å². The highest BCUT2D eigenvalue weighted by atomic mass is 32.2. The van der Waals surface area contributed by atoms with Crippen LogP contribution in [0.3, 0.4) is 0 Å². The number of nitrogens with one attached hydrogen (secondary N) is 1. The summed E-state index contributed by atoms with van der Waals surface area (Å²) in [4.78, 5) is 2.53. The quantitative estimate of drug-likeness (QED) is 0.693. The van der Waals surface area contributed by atoms with Crippen LogP contribution in [0.5, 0.6) is 0 Å². The fourth-order valence-electron chi connectivity index (χ4n) is 2.72. The monoisotopic (exact) mass is 272 g/mol. The van der Waals surface area contributed by atoms with Gasteiger partial charge >= 0.3 is 0 Å². The molecule has 1 N–H and O–H groups in total. The van der Waals surface area contributed by atoms with Gasteiger partial charge in [-0.25, -0.2) is 0 Å². The Kier molecular flexibility index (Phi) is 9.16. The van der Waals surface area contributed by atoms with Gasteiger partial charge in [-0.15, -0.1) is 0 Å². The van der Waals surface area contributed by atoms with Crippen LogP contribution < -0.4 is 5.32 Å². The summed E-state index contributed by atoms with van der Waals surface area (Å²) in [5.41, 5.74) is 0. The van der Waals surface area contributed by atoms with Crippen LogP contribution in [0.1, 0.15) is 52.9 Å². The molecule has 0 radical (unpaired) electrons. The molecule has 0 saturated heterocycles. The van der Waals surface area contributed by atoms with Gasteiger partial charge in [-0.1, -0.05) is 27.2 Å². The maximum atomic E-state index is 3.70. The normalized spacial score (nSPS) is 24.7. The first-order chi connectivity index (χ1) is 8.80. The Morgan fingerprint density at radius 1 is 1.17 bits per heavy atom. The molecule has 3 heteroatoms. The maximum Gasteiger partial charge on any atom is 0.00776 e. The molecule has 2 unspecified atom stereocenters. The summed E-state index contributed by atoms with van der Waals surface area (Å²) in [6.45, 7) is 11.6. The fourth-order valence-corrected chi connectivity index (χ4v) is 4.12. The van der Waals surface area contributed by atoms with E-state index in [1.165, 1.54) is 64.0 Å². The minimum absolute atomic E-state index is 0.796. The van der Waals surface area contributed by atoms with Gasteiger partial charge in [-0.05, 0) is 45.3 Å². The van der Waals surface area contributed by atoms with Crippen molar-refractivity contribution in [3.63, 3.8) is 0 Å². The highest BCUT2D eigenvalue weighted by Crippen LogP contribution is 2.28. The van der Waals surface area contributed by atoms with Gasteiger partial charge in [0.1, 0.15) is 0 Å². The molecular formula is C15H32N2S. The lowest BCUT2D eigenvalue weighted by molar-refractivity contribution is 0.323. The first kappa shape index (κ1) is 16.3. The van der Waals surface area contributed by atoms with Crippen molar-refractivity contribution in [1.82, 2.24) is 10.2 Å². The second-order valence-corrected chi connectivity index (χ2v) is 6.75. The molecule has 0 aliphatic heterocycles. The lowest BCUT2D eigenvalue weighted by Crippen LogP contribution is -2.36. The molecule has 0 bridgehead atoms. The second-order valence-electron chi connectivity index (χ2n) is 5.34. The minimum Gasteiger partial charge on any atom is -0.314 e. The largest absolute Gasteiger partial charge is 0.314 e. The lowest BCUT2D eigenvalue weighted by Gasteiger charge is -2.30. The van der Waals surface area contributed by atoms with Gasteiger partial charge in [0.25, 0.3) is 0 Å². The third-order valence-corrected chi connectivity index (χ3v) is 5.28. The Bertz CT molecular complexity index is 195. The number of rotatable bonds is 9. The van der Waals surface area contributed by atoms with Crippen molar-refractivity contribution in [2.24, 2.45) is 0 Å². The molecule has 0 amide bonds. The van der Waals surface area contributed by atoms with Crippen LogP contribution in [0.15, 0.2) is 0 Å². The summed E-state index contributed by atoms with van der Waals surface area (Å²) in [5, 5.41) is 4.61. The van der Waals surface area contributed by atoms with E-state index >= 15 is 0 Å². The lowest BCUT2D eigenvalue weighted by atomic mass is 9.95. The Balaban J connectivity index is 2.13. The first-order valence-corrected chi connectivity index (χ1v) is 8.92. The fraction of sp³-hybridized carbons (Fsp3) is 1.00. The Hall–Kier alpha value is 0.270. The number of nitrogens with zero attached hydrogens (tertiary/aromatic N) is 1. The van der Waals surface area contributed by atoms with Gasteiger partial charge in [0.05, 0.1) is 0 Å². The molecule has 0 spiro atoms. The van der Waals surface area contributed by atoms with Gasteiger partial charge < -0.3 is 10.2 Å². The topological polar surface area (TPSA) is 15.3 Å². The van der Waals surface area contributed by atoms with Gasteiger partial charge in [0, 0.05) is 23.6 Å². The van der Waals surface area contributed by atoms with E-state index in [9.17, 15) is 0 Å². The van der Waals surface area contributed by atoms with Crippen LogP contribution in [0.2, 0.25) is 0 Å². The average molecular weight is 273 g/mol. The average Bonchev–Trinajstić information content (AvgIpc) is 2.42. The molecule has 1 aliphatic carbocycles. The van der Waals surface area contributed by atoms with Gasteiger partial charge in [0.15, 0.2) is 0 Å². The van der Waals surface area contributed by atoms with E-state index in [4.69, 9.17) is 0 Å². The third kappa shape index (κ3) is 6.44. The minimum atomic E-state index is 0.796. The van der Waals surface area contributed by atoms with Crippen molar-refractivity contribution in [2.75, 3.05) is 31.9 Å². The van der Waals surface area contributed by atoms with Crippen molar-refractivity contribution in [3.8, 4) is 0 Å². The van der Waals surface area contributed by atoms with Crippen LogP contribution >= 0.6 is 11.8 Å². The van der Waals surface area contributed by atoms with Gasteiger partial charge in [-0.2, -0.15) is 11.8 Å². The van der Waals surface area contributed by atoms with Crippen molar-refractivity contribution >= 4 is 11.8 Å². The molecule has 0 aromatic heterocycles. The van der Waals surface area contributed by atoms with Gasteiger partial charge in [0.2, 0.25) is 0 Å². The number of hydrogen-bond donors (Lipinski definition) is 1. The van der Waals surface area contributed by atoms with E-state index in [2.05, 4.69) is 42.7 Å². The molecule has 0 aromatic carbocycles. The van der Waals surface area contributed by atoms with Crippen molar-refractivity contribution in [1.29, 1.82) is 0 Å². The molecule has 0 aromatic rings. The van der Waals surface area contributed by atoms with Crippen LogP contribution in [0, 0.1) is 0 Å². The molecule has 18 heavy (non-hydrogen) atoms. The molecule has 0 heterocycles. The van der Waals surface area contributed by atoms with E-state index in [1.807, 2.05) is 0 Å². The summed E-state index contributed by atoms with van der Waals surface area (Å²) < 4.78 is 0. The standard InChI is InChI=1S/C15H32N2S/c1-4-10-16-14-8-7-9-15(13-14)18-12-11-17(5-2)6-3/h14-16H,4-13H2,1-3H3. The zero-order valence-electron chi connectivity index (χ0n) is 12.6. The summed E-state index contributed by atoms with van der Waals surface area (Å²) >= 11 is 2.21. The molecular weight excluding hydrogens is 240 g/mol. The van der Waals surface area contributed by atoms with E-state index < -0.39 is 0 Å². The molecule has 2 atom stereocenters. The second kappa shape index (κ2) is 10.1. The highest BCUT2D eigenvalue weighted by Gasteiger charge is 2.21. The smallest absolute Gasteiger partial charge is 0.00776 e. The Labute approximate surface area is 118 Å². The van der Waals surface area contributed by atoms with E-state index in [1.54, 1.807) is 0 Å². The number of hydrogen-bond acceptors (Lipinski definition) is 3. The molecule has 1 aliphatic rings. The van der Waals surface area contributed by atoms with Crippen LogP contribution in [0.4, 0.5) is 0 Å². The summed E-state index contributed by atoms with van der Waals surface area (Å²) in [6, 6.07) is 0.796. The van der Waals surface area contributed by atoms with E-state index in [0.29, 0.717) is 0 Å². The zero-order chi connectivity index (χ0) is 13.2. The predicted octanol–water partition coefficient (Wildman–Crippen LogP) is 3.37. The Morgan fingerprint density at radius 3 is 2.61 bits per heavy atom. The summed E-state index contributed by atoms with van der Waals surface area (Å²) in [7, 11) is 0. The van der Waals surface area contributed by atoms with Gasteiger partial charge in [-0.3, -0.25) is 0 Å². The first-order valence-electron chi connectivity index (χ1n) is 7.87. The van der Waals surface area contributed by atoms with E-state index in [-0.39, 0.29) is 0 Å². The predicted molar refractivity (Wildman–Crippen MR) is 84.6 cm³/mol. The van der Waals surface area contributed by atoms with Crippen molar-refractivity contribution < 1.29 is 0 Å². The third-order valence-electron chi connectivity index (χ3n) is 3.96. The molecule has 1 saturated carbocycles. The van der Waals surface area contributed by atoms with Crippen LogP contribution in [-0.2, 0) is 0 Å². The van der Waals surface area contributed by atoms with Crippen LogP contribution in [0.25, 0.3) is 0 Å². The SMILES string of the molecule is CCCNC1CCCC(SCCN(CC)CC)C1. The number of thioether (sulfide) groups is 1. The molecule has 1 fully saturated rings. The highest BCUT2D eigenvalue weighted by molar-refractivity contribution is 7.99. The molecule has 2 nitrogen and oxygen atoms in total. The summed E-state index contributed by atoms with van der Waals surface area (Å²) in [5.74, 6) is 1.31.